The molecule has 114 valence electrons. The maximum Gasteiger partial charge on any atom is 0.309 e. The normalized spacial score (nSPS) is 49.4. The molecule has 0 aromatic rings. The van der Waals surface area contributed by atoms with Gasteiger partial charge in [-0.05, 0) is 61.2 Å². The lowest BCUT2D eigenvalue weighted by Gasteiger charge is -2.38. The van der Waals surface area contributed by atoms with Gasteiger partial charge in [-0.2, -0.15) is 0 Å². The zero-order valence-corrected chi connectivity index (χ0v) is 13.5. The molecule has 0 aromatic heterocycles. The van der Waals surface area contributed by atoms with Crippen molar-refractivity contribution in [2.45, 2.75) is 53.4 Å². The van der Waals surface area contributed by atoms with E-state index in [4.69, 9.17) is 4.74 Å². The van der Waals surface area contributed by atoms with Gasteiger partial charge in [-0.3, -0.25) is 4.79 Å². The molecule has 3 fully saturated rings. The van der Waals surface area contributed by atoms with Crippen LogP contribution < -0.4 is 0 Å². The molecule has 0 saturated heterocycles. The minimum absolute atomic E-state index is 0.0979. The standard InChI is InChI=1S/C18H30O2/c1-5-11-8-12(6-2)17-14-9-13(16(11)17)10(4)15(14)18(19)20-7-3/h10-17H,5-9H2,1-4H3. The van der Waals surface area contributed by atoms with Crippen molar-refractivity contribution >= 4 is 5.97 Å². The summed E-state index contributed by atoms with van der Waals surface area (Å²) < 4.78 is 5.38. The third-order valence-electron chi connectivity index (χ3n) is 6.98. The second kappa shape index (κ2) is 5.35. The zero-order valence-electron chi connectivity index (χ0n) is 13.5. The van der Waals surface area contributed by atoms with Crippen LogP contribution in [0, 0.1) is 47.3 Å². The fourth-order valence-electron chi connectivity index (χ4n) is 6.34. The Bertz CT molecular complexity index is 378. The van der Waals surface area contributed by atoms with Crippen LogP contribution in [0.25, 0.3) is 0 Å². The van der Waals surface area contributed by atoms with Gasteiger partial charge in [0.15, 0.2) is 0 Å². The van der Waals surface area contributed by atoms with Gasteiger partial charge in [0.05, 0.1) is 12.5 Å². The largest absolute Gasteiger partial charge is 0.466 e. The highest BCUT2D eigenvalue weighted by Gasteiger charge is 2.63. The molecule has 3 saturated carbocycles. The fourth-order valence-corrected chi connectivity index (χ4v) is 6.34. The molecule has 0 amide bonds. The average molecular weight is 278 g/mol. The lowest BCUT2D eigenvalue weighted by molar-refractivity contribution is -0.153. The van der Waals surface area contributed by atoms with Gasteiger partial charge >= 0.3 is 5.97 Å². The number of fused-ring (bicyclic) bond motifs is 5. The van der Waals surface area contributed by atoms with Crippen molar-refractivity contribution in [1.82, 2.24) is 0 Å². The van der Waals surface area contributed by atoms with Gasteiger partial charge in [0.2, 0.25) is 0 Å². The molecule has 0 aromatic carbocycles. The van der Waals surface area contributed by atoms with Crippen LogP contribution in [0.3, 0.4) is 0 Å². The minimum Gasteiger partial charge on any atom is -0.466 e. The predicted octanol–water partition coefficient (Wildman–Crippen LogP) is 4.14. The van der Waals surface area contributed by atoms with E-state index in [0.717, 1.165) is 29.6 Å². The Balaban J connectivity index is 1.85. The molecular weight excluding hydrogens is 248 g/mol. The van der Waals surface area contributed by atoms with E-state index < -0.39 is 0 Å². The molecule has 2 heteroatoms. The highest BCUT2D eigenvalue weighted by atomic mass is 16.5. The predicted molar refractivity (Wildman–Crippen MR) is 80.0 cm³/mol. The Kier molecular flexibility index (Phi) is 3.85. The number of carbonyl (C=O) groups is 1. The number of hydrogen-bond acceptors (Lipinski definition) is 2. The highest BCUT2D eigenvalue weighted by Crippen LogP contribution is 2.67. The van der Waals surface area contributed by atoms with Crippen LogP contribution in [-0.2, 0) is 9.53 Å². The summed E-state index contributed by atoms with van der Waals surface area (Å²) in [4.78, 5) is 12.4. The molecule has 0 N–H and O–H groups in total. The number of ether oxygens (including phenoxy) is 1. The summed E-state index contributed by atoms with van der Waals surface area (Å²) in [6.45, 7) is 9.47. The topological polar surface area (TPSA) is 26.3 Å². The third kappa shape index (κ3) is 1.86. The summed E-state index contributed by atoms with van der Waals surface area (Å²) >= 11 is 0. The molecule has 8 unspecified atom stereocenters. The molecule has 8 atom stereocenters. The summed E-state index contributed by atoms with van der Waals surface area (Å²) in [6, 6.07) is 0. The van der Waals surface area contributed by atoms with Crippen molar-refractivity contribution in [3.63, 3.8) is 0 Å². The Morgan fingerprint density at radius 1 is 1.00 bits per heavy atom. The highest BCUT2D eigenvalue weighted by molar-refractivity contribution is 5.74. The fraction of sp³-hybridized carbons (Fsp3) is 0.944. The van der Waals surface area contributed by atoms with Gasteiger partial charge in [0, 0.05) is 0 Å². The first-order chi connectivity index (χ1) is 9.63. The monoisotopic (exact) mass is 278 g/mol. The van der Waals surface area contributed by atoms with Gasteiger partial charge in [0.1, 0.15) is 0 Å². The van der Waals surface area contributed by atoms with Crippen LogP contribution >= 0.6 is 0 Å². The van der Waals surface area contributed by atoms with Crippen LogP contribution in [0.15, 0.2) is 0 Å². The first kappa shape index (κ1) is 14.4. The van der Waals surface area contributed by atoms with E-state index in [9.17, 15) is 4.79 Å². The number of esters is 1. The molecule has 3 rings (SSSR count). The van der Waals surface area contributed by atoms with E-state index in [1.165, 1.54) is 25.7 Å². The van der Waals surface area contributed by atoms with Crippen LogP contribution in [0.1, 0.15) is 53.4 Å². The van der Waals surface area contributed by atoms with E-state index in [-0.39, 0.29) is 11.9 Å². The molecule has 2 bridgehead atoms. The maximum absolute atomic E-state index is 12.4. The summed E-state index contributed by atoms with van der Waals surface area (Å²) in [6.07, 6.45) is 5.34. The molecule has 2 nitrogen and oxygen atoms in total. The lowest BCUT2D eigenvalue weighted by atomic mass is 9.66. The summed E-state index contributed by atoms with van der Waals surface area (Å²) in [7, 11) is 0. The van der Waals surface area contributed by atoms with Crippen LogP contribution in [0.4, 0.5) is 0 Å². The van der Waals surface area contributed by atoms with Crippen molar-refractivity contribution in [2.75, 3.05) is 6.61 Å². The van der Waals surface area contributed by atoms with Gasteiger partial charge in [-0.25, -0.2) is 0 Å². The number of hydrogen-bond donors (Lipinski definition) is 0. The summed E-state index contributed by atoms with van der Waals surface area (Å²) in [5.74, 6) is 5.78. The van der Waals surface area contributed by atoms with Crippen LogP contribution in [-0.4, -0.2) is 12.6 Å². The second-order valence-corrected chi connectivity index (χ2v) is 7.43. The van der Waals surface area contributed by atoms with Crippen molar-refractivity contribution in [3.05, 3.63) is 0 Å². The quantitative estimate of drug-likeness (QED) is 0.722. The molecule has 0 spiro atoms. The Morgan fingerprint density at radius 3 is 2.15 bits per heavy atom. The van der Waals surface area contributed by atoms with E-state index in [1.54, 1.807) is 0 Å². The molecule has 0 aliphatic heterocycles. The van der Waals surface area contributed by atoms with Crippen molar-refractivity contribution in [3.8, 4) is 0 Å². The van der Waals surface area contributed by atoms with Crippen molar-refractivity contribution < 1.29 is 9.53 Å². The first-order valence-corrected chi connectivity index (χ1v) is 8.80. The average Bonchev–Trinajstić information content (AvgIpc) is 3.06. The van der Waals surface area contributed by atoms with Crippen molar-refractivity contribution in [1.29, 1.82) is 0 Å². The summed E-state index contributed by atoms with van der Waals surface area (Å²) in [5.41, 5.74) is 0. The smallest absolute Gasteiger partial charge is 0.309 e. The number of rotatable bonds is 4. The molecule has 20 heavy (non-hydrogen) atoms. The Labute approximate surface area is 123 Å². The molecule has 3 aliphatic carbocycles. The van der Waals surface area contributed by atoms with Crippen molar-refractivity contribution in [2.24, 2.45) is 47.3 Å². The third-order valence-corrected chi connectivity index (χ3v) is 6.98. The van der Waals surface area contributed by atoms with E-state index in [1.807, 2.05) is 6.92 Å². The Morgan fingerprint density at radius 2 is 1.60 bits per heavy atom. The van der Waals surface area contributed by atoms with Gasteiger partial charge < -0.3 is 4.74 Å². The number of carbonyl (C=O) groups excluding carboxylic acids is 1. The van der Waals surface area contributed by atoms with Gasteiger partial charge in [-0.1, -0.05) is 33.6 Å². The zero-order chi connectivity index (χ0) is 14.4. The van der Waals surface area contributed by atoms with Crippen LogP contribution in [0.2, 0.25) is 0 Å². The summed E-state index contributed by atoms with van der Waals surface area (Å²) in [5, 5.41) is 0. The lowest BCUT2D eigenvalue weighted by Crippen LogP contribution is -2.39. The van der Waals surface area contributed by atoms with E-state index in [0.29, 0.717) is 18.4 Å². The molecule has 0 radical (unpaired) electrons. The molecule has 3 aliphatic rings. The minimum atomic E-state index is 0.0979. The SMILES string of the molecule is CCOC(=O)C1C(C)C2CC1C1C(CC)CC(CC)C21. The maximum atomic E-state index is 12.4. The van der Waals surface area contributed by atoms with Crippen LogP contribution in [0.5, 0.6) is 0 Å². The van der Waals surface area contributed by atoms with Gasteiger partial charge in [-0.15, -0.1) is 0 Å². The second-order valence-electron chi connectivity index (χ2n) is 7.43. The molecular formula is C18H30O2. The van der Waals surface area contributed by atoms with E-state index in [2.05, 4.69) is 20.8 Å². The Hall–Kier alpha value is -0.530. The molecule has 0 heterocycles. The van der Waals surface area contributed by atoms with Gasteiger partial charge in [0.25, 0.3) is 0 Å². The first-order valence-electron chi connectivity index (χ1n) is 8.80. The van der Waals surface area contributed by atoms with E-state index >= 15 is 0 Å².